The van der Waals surface area contributed by atoms with Crippen LogP contribution in [0.3, 0.4) is 0 Å². The van der Waals surface area contributed by atoms with E-state index >= 15 is 0 Å². The maximum atomic E-state index is 13.8. The van der Waals surface area contributed by atoms with Gasteiger partial charge in [0.25, 0.3) is 0 Å². The van der Waals surface area contributed by atoms with Crippen LogP contribution in [0.4, 0.5) is 15.8 Å². The third-order valence-electron chi connectivity index (χ3n) is 3.65. The van der Waals surface area contributed by atoms with Crippen LogP contribution in [-0.2, 0) is 0 Å². The van der Waals surface area contributed by atoms with Gasteiger partial charge in [0.1, 0.15) is 11.5 Å². The zero-order valence-electron chi connectivity index (χ0n) is 13.5. The van der Waals surface area contributed by atoms with Crippen molar-refractivity contribution in [3.8, 4) is 0 Å². The van der Waals surface area contributed by atoms with Crippen LogP contribution in [0.15, 0.2) is 65.8 Å². The summed E-state index contributed by atoms with van der Waals surface area (Å²) >= 11 is 6.19. The molecule has 0 fully saturated rings. The monoisotopic (exact) mass is 368 g/mol. The molecule has 7 heteroatoms. The molecule has 130 valence electrons. The van der Waals surface area contributed by atoms with Gasteiger partial charge in [-0.15, -0.1) is 0 Å². The fourth-order valence-electron chi connectivity index (χ4n) is 2.37. The number of benzene rings is 2. The van der Waals surface area contributed by atoms with Crippen molar-refractivity contribution >= 4 is 34.6 Å². The number of anilines is 1. The molecule has 5 nitrogen and oxygen atoms in total. The molecule has 0 amide bonds. The Morgan fingerprint density at radius 2 is 1.85 bits per heavy atom. The van der Waals surface area contributed by atoms with Crippen molar-refractivity contribution in [2.45, 2.75) is 0 Å². The number of aromatic nitrogens is 1. The topological polar surface area (TPSA) is 94.4 Å². The minimum absolute atomic E-state index is 0.0496. The number of halogens is 2. The van der Waals surface area contributed by atoms with Gasteiger partial charge in [-0.1, -0.05) is 23.7 Å². The Morgan fingerprint density at radius 3 is 2.54 bits per heavy atom. The predicted molar refractivity (Wildman–Crippen MR) is 100 cm³/mol. The number of hydrogen-bond acceptors (Lipinski definition) is 4. The average molecular weight is 369 g/mol. The first-order chi connectivity index (χ1) is 12.5. The molecule has 0 aliphatic rings. The first-order valence-corrected chi connectivity index (χ1v) is 7.99. The molecule has 0 saturated heterocycles. The van der Waals surface area contributed by atoms with Crippen LogP contribution in [0.1, 0.15) is 21.6 Å². The third-order valence-corrected chi connectivity index (χ3v) is 3.96. The zero-order valence-corrected chi connectivity index (χ0v) is 14.2. The van der Waals surface area contributed by atoms with E-state index in [0.717, 1.165) is 0 Å². The number of carbonyl (C=O) groups excluding carboxylic acids is 1. The summed E-state index contributed by atoms with van der Waals surface area (Å²) in [6.07, 6.45) is 1.55. The van der Waals surface area contributed by atoms with Gasteiger partial charge < -0.3 is 11.5 Å². The predicted octanol–water partition coefficient (Wildman–Crippen LogP) is 3.72. The summed E-state index contributed by atoms with van der Waals surface area (Å²) in [6.45, 7) is 0. The SMILES string of the molecule is NC(=Nc1ccc(C(=O)c2ccccc2F)c(Cl)c1)c1ncccc1N. The van der Waals surface area contributed by atoms with E-state index in [2.05, 4.69) is 9.98 Å². The van der Waals surface area contributed by atoms with E-state index in [0.29, 0.717) is 17.1 Å². The fraction of sp³-hybridized carbons (Fsp3) is 0. The smallest absolute Gasteiger partial charge is 0.197 e. The lowest BCUT2D eigenvalue weighted by Crippen LogP contribution is -2.16. The van der Waals surface area contributed by atoms with Crippen molar-refractivity contribution < 1.29 is 9.18 Å². The Bertz CT molecular complexity index is 1020. The van der Waals surface area contributed by atoms with E-state index in [4.69, 9.17) is 23.1 Å². The minimum Gasteiger partial charge on any atom is -0.397 e. The summed E-state index contributed by atoms with van der Waals surface area (Å²) in [5.74, 6) is -0.997. The Labute approximate surface area is 154 Å². The molecular formula is C19H14ClFN4O. The number of carbonyl (C=O) groups is 1. The van der Waals surface area contributed by atoms with E-state index in [9.17, 15) is 9.18 Å². The lowest BCUT2D eigenvalue weighted by atomic mass is 10.0. The number of aliphatic imine (C=N–C) groups is 1. The van der Waals surface area contributed by atoms with Crippen LogP contribution < -0.4 is 11.5 Å². The molecule has 2 aromatic carbocycles. The standard InChI is InChI=1S/C19H14ClFN4O/c20-14-10-11(25-19(23)17-16(22)6-3-9-24-17)7-8-12(14)18(26)13-4-1-2-5-15(13)21/h1-10H,22H2,(H2,23,25). The molecule has 0 spiro atoms. The number of rotatable bonds is 4. The number of nitrogens with zero attached hydrogens (tertiary/aromatic N) is 2. The molecule has 3 rings (SSSR count). The van der Waals surface area contributed by atoms with Gasteiger partial charge in [0.15, 0.2) is 11.6 Å². The van der Waals surface area contributed by atoms with Crippen molar-refractivity contribution in [3.63, 3.8) is 0 Å². The van der Waals surface area contributed by atoms with E-state index in [-0.39, 0.29) is 22.0 Å². The number of nitrogen functional groups attached to an aromatic ring is 1. The highest BCUT2D eigenvalue weighted by atomic mass is 35.5. The second-order valence-corrected chi connectivity index (χ2v) is 5.82. The zero-order chi connectivity index (χ0) is 18.7. The number of pyridine rings is 1. The van der Waals surface area contributed by atoms with Crippen LogP contribution in [0.5, 0.6) is 0 Å². The van der Waals surface area contributed by atoms with Gasteiger partial charge in [-0.25, -0.2) is 9.38 Å². The van der Waals surface area contributed by atoms with Gasteiger partial charge in [-0.05, 0) is 42.5 Å². The van der Waals surface area contributed by atoms with Crippen LogP contribution in [0.25, 0.3) is 0 Å². The molecular weight excluding hydrogens is 355 g/mol. The first-order valence-electron chi connectivity index (χ1n) is 7.61. The van der Waals surface area contributed by atoms with E-state index in [1.165, 1.54) is 30.3 Å². The van der Waals surface area contributed by atoms with Crippen LogP contribution >= 0.6 is 11.6 Å². The molecule has 3 aromatic rings. The van der Waals surface area contributed by atoms with Crippen molar-refractivity contribution in [3.05, 3.63) is 88.5 Å². The quantitative estimate of drug-likeness (QED) is 0.417. The first kappa shape index (κ1) is 17.6. The lowest BCUT2D eigenvalue weighted by molar-refractivity contribution is 0.103. The number of amidine groups is 1. The molecule has 0 aliphatic carbocycles. The third kappa shape index (κ3) is 3.55. The second-order valence-electron chi connectivity index (χ2n) is 5.41. The van der Waals surface area contributed by atoms with Gasteiger partial charge in [-0.3, -0.25) is 9.78 Å². The van der Waals surface area contributed by atoms with Crippen molar-refractivity contribution in [1.29, 1.82) is 0 Å². The highest BCUT2D eigenvalue weighted by Gasteiger charge is 2.16. The summed E-state index contributed by atoms with van der Waals surface area (Å²) < 4.78 is 13.8. The lowest BCUT2D eigenvalue weighted by Gasteiger charge is -2.07. The summed E-state index contributed by atoms with van der Waals surface area (Å²) in [4.78, 5) is 20.8. The van der Waals surface area contributed by atoms with Crippen molar-refractivity contribution in [1.82, 2.24) is 4.98 Å². The summed E-state index contributed by atoms with van der Waals surface area (Å²) in [6, 6.07) is 13.6. The van der Waals surface area contributed by atoms with Gasteiger partial charge >= 0.3 is 0 Å². The van der Waals surface area contributed by atoms with Crippen LogP contribution in [0, 0.1) is 5.82 Å². The number of ketones is 1. The summed E-state index contributed by atoms with van der Waals surface area (Å²) in [5, 5.41) is 0.140. The average Bonchev–Trinajstić information content (AvgIpc) is 2.62. The Hall–Kier alpha value is -3.25. The van der Waals surface area contributed by atoms with E-state index in [1.54, 1.807) is 30.5 Å². The molecule has 1 heterocycles. The highest BCUT2D eigenvalue weighted by molar-refractivity contribution is 6.35. The normalized spacial score (nSPS) is 11.4. The Balaban J connectivity index is 1.93. The van der Waals surface area contributed by atoms with Gasteiger partial charge in [0, 0.05) is 11.8 Å². The largest absolute Gasteiger partial charge is 0.397 e. The summed E-state index contributed by atoms with van der Waals surface area (Å²) in [5.41, 5.74) is 13.0. The molecule has 0 saturated carbocycles. The van der Waals surface area contributed by atoms with Gasteiger partial charge in [0.2, 0.25) is 0 Å². The van der Waals surface area contributed by atoms with Gasteiger partial charge in [-0.2, -0.15) is 0 Å². The number of hydrogen-bond donors (Lipinski definition) is 2. The Kier molecular flexibility index (Phi) is 4.95. The molecule has 0 aliphatic heterocycles. The molecule has 0 atom stereocenters. The molecule has 26 heavy (non-hydrogen) atoms. The molecule has 4 N–H and O–H groups in total. The van der Waals surface area contributed by atoms with E-state index < -0.39 is 11.6 Å². The Morgan fingerprint density at radius 1 is 1.08 bits per heavy atom. The van der Waals surface area contributed by atoms with Crippen LogP contribution in [-0.4, -0.2) is 16.6 Å². The molecule has 0 radical (unpaired) electrons. The minimum atomic E-state index is -0.606. The molecule has 0 bridgehead atoms. The number of nitrogens with two attached hydrogens (primary N) is 2. The second kappa shape index (κ2) is 7.33. The summed E-state index contributed by atoms with van der Waals surface area (Å²) in [7, 11) is 0. The van der Waals surface area contributed by atoms with Crippen molar-refractivity contribution in [2.75, 3.05) is 5.73 Å². The fourth-order valence-corrected chi connectivity index (χ4v) is 2.63. The van der Waals surface area contributed by atoms with Gasteiger partial charge in [0.05, 0.1) is 22.0 Å². The van der Waals surface area contributed by atoms with E-state index in [1.807, 2.05) is 0 Å². The highest BCUT2D eigenvalue weighted by Crippen LogP contribution is 2.26. The maximum absolute atomic E-state index is 13.8. The maximum Gasteiger partial charge on any atom is 0.197 e. The molecule has 1 aromatic heterocycles. The van der Waals surface area contributed by atoms with Crippen LogP contribution in [0.2, 0.25) is 5.02 Å². The molecule has 0 unspecified atom stereocenters. The van der Waals surface area contributed by atoms with Crippen molar-refractivity contribution in [2.24, 2.45) is 10.7 Å².